The second kappa shape index (κ2) is 6.21. The zero-order valence-electron chi connectivity index (χ0n) is 9.99. The average molecular weight is 276 g/mol. The number of hydrogen-bond acceptors (Lipinski definition) is 4. The van der Waals surface area contributed by atoms with Crippen LogP contribution in [0.2, 0.25) is 0 Å². The Kier molecular flexibility index (Phi) is 4.91. The van der Waals surface area contributed by atoms with Crippen LogP contribution in [0, 0.1) is 0 Å². The Hall–Kier alpha value is -2.05. The summed E-state index contributed by atoms with van der Waals surface area (Å²) in [7, 11) is 1.24. The van der Waals surface area contributed by atoms with Gasteiger partial charge in [-0.15, -0.1) is 13.2 Å². The standard InChI is InChI=1S/C12H11F3O4/c1-18-11(17)5-3-8-2-4-10(9(6-8)7-16)19-12(13,14)15/h2,4,6-7H,3,5H2,1H3. The van der Waals surface area contributed by atoms with Crippen LogP contribution < -0.4 is 4.74 Å². The molecule has 0 aromatic heterocycles. The number of methoxy groups -OCH3 is 1. The van der Waals surface area contributed by atoms with Gasteiger partial charge in [-0.1, -0.05) is 6.07 Å². The van der Waals surface area contributed by atoms with Crippen LogP contribution in [0.3, 0.4) is 0 Å². The van der Waals surface area contributed by atoms with Crippen molar-refractivity contribution in [3.63, 3.8) is 0 Å². The SMILES string of the molecule is COC(=O)CCc1ccc(OC(F)(F)F)c(C=O)c1. The van der Waals surface area contributed by atoms with E-state index in [1.165, 1.54) is 19.2 Å². The molecule has 0 fully saturated rings. The van der Waals surface area contributed by atoms with Crippen molar-refractivity contribution in [2.45, 2.75) is 19.2 Å². The van der Waals surface area contributed by atoms with Crippen LogP contribution >= 0.6 is 0 Å². The minimum Gasteiger partial charge on any atom is -0.469 e. The molecule has 104 valence electrons. The summed E-state index contributed by atoms with van der Waals surface area (Å²) in [6.07, 6.45) is -4.25. The van der Waals surface area contributed by atoms with Crippen LogP contribution in [0.4, 0.5) is 13.2 Å². The first-order valence-corrected chi connectivity index (χ1v) is 5.26. The van der Waals surface area contributed by atoms with Crippen molar-refractivity contribution in [1.29, 1.82) is 0 Å². The second-order valence-electron chi connectivity index (χ2n) is 3.61. The van der Waals surface area contributed by atoms with E-state index in [1.807, 2.05) is 0 Å². The van der Waals surface area contributed by atoms with Gasteiger partial charge in [0, 0.05) is 6.42 Å². The zero-order chi connectivity index (χ0) is 14.5. The number of alkyl halides is 3. The van der Waals surface area contributed by atoms with E-state index in [-0.39, 0.29) is 24.7 Å². The van der Waals surface area contributed by atoms with E-state index in [0.717, 1.165) is 6.07 Å². The van der Waals surface area contributed by atoms with E-state index < -0.39 is 18.1 Å². The van der Waals surface area contributed by atoms with Gasteiger partial charge in [0.25, 0.3) is 0 Å². The van der Waals surface area contributed by atoms with Gasteiger partial charge in [0.1, 0.15) is 5.75 Å². The number of rotatable bonds is 5. The van der Waals surface area contributed by atoms with Crippen molar-refractivity contribution in [3.05, 3.63) is 29.3 Å². The molecule has 0 heterocycles. The Morgan fingerprint density at radius 3 is 2.58 bits per heavy atom. The van der Waals surface area contributed by atoms with Gasteiger partial charge in [-0.3, -0.25) is 9.59 Å². The summed E-state index contributed by atoms with van der Waals surface area (Å²) in [5.74, 6) is -1.01. The van der Waals surface area contributed by atoms with E-state index in [0.29, 0.717) is 5.56 Å². The molecule has 0 aliphatic rings. The Labute approximate surface area is 107 Å². The molecule has 0 spiro atoms. The smallest absolute Gasteiger partial charge is 0.469 e. The summed E-state index contributed by atoms with van der Waals surface area (Å²) in [6, 6.07) is 3.65. The highest BCUT2D eigenvalue weighted by molar-refractivity contribution is 5.79. The topological polar surface area (TPSA) is 52.6 Å². The largest absolute Gasteiger partial charge is 0.573 e. The van der Waals surface area contributed by atoms with E-state index in [4.69, 9.17) is 0 Å². The van der Waals surface area contributed by atoms with Crippen molar-refractivity contribution in [2.24, 2.45) is 0 Å². The van der Waals surface area contributed by atoms with Crippen molar-refractivity contribution >= 4 is 12.3 Å². The lowest BCUT2D eigenvalue weighted by atomic mass is 10.1. The molecular weight excluding hydrogens is 265 g/mol. The maximum atomic E-state index is 12.1. The quantitative estimate of drug-likeness (QED) is 0.612. The molecule has 0 saturated heterocycles. The van der Waals surface area contributed by atoms with Gasteiger partial charge in [-0.25, -0.2) is 0 Å². The molecule has 1 rings (SSSR count). The Bertz CT molecular complexity index is 469. The van der Waals surface area contributed by atoms with Gasteiger partial charge >= 0.3 is 12.3 Å². The van der Waals surface area contributed by atoms with Crippen molar-refractivity contribution < 1.29 is 32.2 Å². The molecule has 0 saturated carbocycles. The highest BCUT2D eigenvalue weighted by Gasteiger charge is 2.32. The molecule has 0 unspecified atom stereocenters. The lowest BCUT2D eigenvalue weighted by molar-refractivity contribution is -0.274. The number of halogens is 3. The fourth-order valence-corrected chi connectivity index (χ4v) is 1.41. The van der Waals surface area contributed by atoms with Crippen molar-refractivity contribution in [1.82, 2.24) is 0 Å². The third-order valence-electron chi connectivity index (χ3n) is 2.27. The lowest BCUT2D eigenvalue weighted by Gasteiger charge is -2.11. The summed E-state index contributed by atoms with van der Waals surface area (Å²) in [5, 5.41) is 0. The molecule has 0 aliphatic carbocycles. The number of ether oxygens (including phenoxy) is 2. The summed E-state index contributed by atoms with van der Waals surface area (Å²) < 4.78 is 44.3. The molecule has 7 heteroatoms. The number of benzene rings is 1. The van der Waals surface area contributed by atoms with Crippen molar-refractivity contribution in [2.75, 3.05) is 7.11 Å². The predicted molar refractivity (Wildman–Crippen MR) is 58.8 cm³/mol. The zero-order valence-corrected chi connectivity index (χ0v) is 9.99. The van der Waals surface area contributed by atoms with Gasteiger partial charge in [-0.2, -0.15) is 0 Å². The number of carbonyl (C=O) groups excluding carboxylic acids is 2. The third-order valence-corrected chi connectivity index (χ3v) is 2.27. The Morgan fingerprint density at radius 2 is 2.05 bits per heavy atom. The minimum absolute atomic E-state index is 0.0777. The van der Waals surface area contributed by atoms with E-state index in [2.05, 4.69) is 9.47 Å². The number of carbonyl (C=O) groups is 2. The predicted octanol–water partition coefficient (Wildman–Crippen LogP) is 2.50. The van der Waals surface area contributed by atoms with E-state index >= 15 is 0 Å². The molecule has 0 N–H and O–H groups in total. The minimum atomic E-state index is -4.86. The first-order valence-electron chi connectivity index (χ1n) is 5.26. The first kappa shape index (κ1) is 15.0. The summed E-state index contributed by atoms with van der Waals surface area (Å²) in [4.78, 5) is 21.6. The Morgan fingerprint density at radius 1 is 1.37 bits per heavy atom. The Balaban J connectivity index is 2.84. The molecule has 0 amide bonds. The van der Waals surface area contributed by atoms with Crippen molar-refractivity contribution in [3.8, 4) is 5.75 Å². The molecule has 0 bridgehead atoms. The summed E-state index contributed by atoms with van der Waals surface area (Å²) >= 11 is 0. The molecule has 4 nitrogen and oxygen atoms in total. The van der Waals surface area contributed by atoms with Crippen LogP contribution in [0.1, 0.15) is 22.3 Å². The van der Waals surface area contributed by atoms with Crippen LogP contribution in [-0.4, -0.2) is 25.7 Å². The monoisotopic (exact) mass is 276 g/mol. The van der Waals surface area contributed by atoms with Crippen LogP contribution in [0.5, 0.6) is 5.75 Å². The normalized spacial score (nSPS) is 10.9. The van der Waals surface area contributed by atoms with Gasteiger partial charge in [-0.05, 0) is 24.1 Å². The van der Waals surface area contributed by atoms with Gasteiger partial charge in [0.15, 0.2) is 6.29 Å². The van der Waals surface area contributed by atoms with Crippen LogP contribution in [0.15, 0.2) is 18.2 Å². The molecule has 1 aromatic carbocycles. The highest BCUT2D eigenvalue weighted by Crippen LogP contribution is 2.26. The molecule has 19 heavy (non-hydrogen) atoms. The fraction of sp³-hybridized carbons (Fsp3) is 0.333. The first-order chi connectivity index (χ1) is 8.85. The maximum absolute atomic E-state index is 12.1. The van der Waals surface area contributed by atoms with E-state index in [1.54, 1.807) is 0 Å². The lowest BCUT2D eigenvalue weighted by Crippen LogP contribution is -2.18. The number of hydrogen-bond donors (Lipinski definition) is 0. The van der Waals surface area contributed by atoms with Gasteiger partial charge in [0.05, 0.1) is 12.7 Å². The molecular formula is C12H11F3O4. The average Bonchev–Trinajstić information content (AvgIpc) is 2.35. The van der Waals surface area contributed by atoms with Crippen LogP contribution in [0.25, 0.3) is 0 Å². The fourth-order valence-electron chi connectivity index (χ4n) is 1.41. The molecule has 1 aromatic rings. The van der Waals surface area contributed by atoms with E-state index in [9.17, 15) is 22.8 Å². The number of aryl methyl sites for hydroxylation is 1. The molecule has 0 aliphatic heterocycles. The number of esters is 1. The number of aldehydes is 1. The second-order valence-corrected chi connectivity index (χ2v) is 3.61. The maximum Gasteiger partial charge on any atom is 0.573 e. The highest BCUT2D eigenvalue weighted by atomic mass is 19.4. The molecule has 0 atom stereocenters. The summed E-state index contributed by atoms with van der Waals surface area (Å²) in [6.45, 7) is 0. The third kappa shape index (κ3) is 4.99. The van der Waals surface area contributed by atoms with Crippen LogP contribution in [-0.2, 0) is 16.0 Å². The summed E-state index contributed by atoms with van der Waals surface area (Å²) in [5.41, 5.74) is 0.321. The van der Waals surface area contributed by atoms with Gasteiger partial charge < -0.3 is 9.47 Å². The van der Waals surface area contributed by atoms with Gasteiger partial charge in [0.2, 0.25) is 0 Å². The molecule has 0 radical (unpaired) electrons.